The highest BCUT2D eigenvalue weighted by atomic mass is 16.5. The first kappa shape index (κ1) is 16.6. The minimum atomic E-state index is 0.0232. The van der Waals surface area contributed by atoms with Crippen LogP contribution in [0.1, 0.15) is 0 Å². The van der Waals surface area contributed by atoms with Gasteiger partial charge in [0, 0.05) is 17.3 Å². The quantitative estimate of drug-likeness (QED) is 0.509. The Morgan fingerprint density at radius 3 is 1.92 bits per heavy atom. The number of rotatable bonds is 8. The number of benzene rings is 2. The number of aliphatic hydroxyl groups is 1. The van der Waals surface area contributed by atoms with Crippen LogP contribution in [0.25, 0.3) is 21.8 Å². The zero-order chi connectivity index (χ0) is 16.8. The Balaban J connectivity index is 1.83. The molecule has 5 nitrogen and oxygen atoms in total. The summed E-state index contributed by atoms with van der Waals surface area (Å²) in [5, 5.41) is 10.1. The van der Waals surface area contributed by atoms with E-state index in [0.717, 1.165) is 21.8 Å². The number of pyridine rings is 1. The predicted molar refractivity (Wildman–Crippen MR) is 94.4 cm³/mol. The largest absolute Gasteiger partial charge is 0.394 e. The highest BCUT2D eigenvalue weighted by molar-refractivity contribution is 5.93. The number of para-hydroxylation sites is 2. The van der Waals surface area contributed by atoms with E-state index in [1.165, 1.54) is 0 Å². The Bertz CT molecular complexity index is 812. The summed E-state index contributed by atoms with van der Waals surface area (Å²) in [6.45, 7) is 2.48. The van der Waals surface area contributed by atoms with Crippen molar-refractivity contribution in [2.75, 3.05) is 33.0 Å². The highest BCUT2D eigenvalue weighted by Gasteiger charge is 2.09. The van der Waals surface area contributed by atoms with Gasteiger partial charge in [-0.3, -0.25) is 4.79 Å². The van der Waals surface area contributed by atoms with Crippen molar-refractivity contribution in [1.82, 2.24) is 4.57 Å². The molecule has 24 heavy (non-hydrogen) atoms. The number of nitrogens with zero attached hydrogens (tertiary/aromatic N) is 1. The number of hydrogen-bond acceptors (Lipinski definition) is 4. The van der Waals surface area contributed by atoms with E-state index < -0.39 is 0 Å². The summed E-state index contributed by atoms with van der Waals surface area (Å²) in [4.78, 5) is 12.6. The van der Waals surface area contributed by atoms with E-state index in [2.05, 4.69) is 4.57 Å². The zero-order valence-electron chi connectivity index (χ0n) is 13.5. The van der Waals surface area contributed by atoms with Crippen LogP contribution in [-0.2, 0) is 16.0 Å². The standard InChI is InChI=1S/C19H21NO4/c21-10-12-24-14-13-23-11-9-20-17-7-3-1-5-15(17)19(22)16-6-2-4-8-18(16)20/h1-8,21H,9-14H2. The first-order valence-corrected chi connectivity index (χ1v) is 8.09. The lowest BCUT2D eigenvalue weighted by atomic mass is 10.1. The Kier molecular flexibility index (Phi) is 5.59. The van der Waals surface area contributed by atoms with Crippen molar-refractivity contribution in [1.29, 1.82) is 0 Å². The molecular formula is C19H21NO4. The second-order valence-electron chi connectivity index (χ2n) is 5.46. The van der Waals surface area contributed by atoms with Crippen LogP contribution in [0, 0.1) is 0 Å². The molecule has 0 atom stereocenters. The second kappa shape index (κ2) is 8.06. The van der Waals surface area contributed by atoms with Crippen LogP contribution < -0.4 is 5.43 Å². The van der Waals surface area contributed by atoms with E-state index in [1.54, 1.807) is 0 Å². The van der Waals surface area contributed by atoms with Gasteiger partial charge in [0.15, 0.2) is 5.43 Å². The summed E-state index contributed by atoms with van der Waals surface area (Å²) >= 11 is 0. The summed E-state index contributed by atoms with van der Waals surface area (Å²) in [6.07, 6.45) is 0. The molecule has 1 aromatic heterocycles. The average Bonchev–Trinajstić information content (AvgIpc) is 2.63. The molecule has 0 amide bonds. The molecule has 1 heterocycles. The summed E-state index contributed by atoms with van der Waals surface area (Å²) < 4.78 is 12.9. The molecule has 0 spiro atoms. The Morgan fingerprint density at radius 2 is 1.33 bits per heavy atom. The van der Waals surface area contributed by atoms with E-state index >= 15 is 0 Å². The van der Waals surface area contributed by atoms with Crippen molar-refractivity contribution in [2.45, 2.75) is 6.54 Å². The third kappa shape index (κ3) is 3.48. The summed E-state index contributed by atoms with van der Waals surface area (Å²) in [5.74, 6) is 0. The smallest absolute Gasteiger partial charge is 0.197 e. The van der Waals surface area contributed by atoms with Gasteiger partial charge in [-0.2, -0.15) is 0 Å². The number of hydrogen-bond donors (Lipinski definition) is 1. The first-order valence-electron chi connectivity index (χ1n) is 8.09. The predicted octanol–water partition coefficient (Wildman–Crippen LogP) is 2.18. The van der Waals surface area contributed by atoms with Crippen molar-refractivity contribution in [2.24, 2.45) is 0 Å². The van der Waals surface area contributed by atoms with E-state index in [1.807, 2.05) is 48.5 Å². The zero-order valence-corrected chi connectivity index (χ0v) is 13.5. The fourth-order valence-electron chi connectivity index (χ4n) is 2.86. The van der Waals surface area contributed by atoms with Crippen LogP contribution in [0.5, 0.6) is 0 Å². The molecular weight excluding hydrogens is 306 g/mol. The molecule has 0 radical (unpaired) electrons. The Morgan fingerprint density at radius 1 is 0.792 bits per heavy atom. The van der Waals surface area contributed by atoms with Crippen molar-refractivity contribution in [3.05, 3.63) is 58.8 Å². The van der Waals surface area contributed by atoms with Crippen LogP contribution in [0.3, 0.4) is 0 Å². The van der Waals surface area contributed by atoms with Crippen molar-refractivity contribution in [3.63, 3.8) is 0 Å². The lowest BCUT2D eigenvalue weighted by molar-refractivity contribution is 0.0313. The van der Waals surface area contributed by atoms with Crippen LogP contribution in [-0.4, -0.2) is 42.7 Å². The van der Waals surface area contributed by atoms with Crippen LogP contribution in [0.15, 0.2) is 53.3 Å². The summed E-state index contributed by atoms with van der Waals surface area (Å²) in [6, 6.07) is 15.3. The summed E-state index contributed by atoms with van der Waals surface area (Å²) in [7, 11) is 0. The maximum absolute atomic E-state index is 12.6. The molecule has 5 heteroatoms. The van der Waals surface area contributed by atoms with Gasteiger partial charge in [0.1, 0.15) is 0 Å². The van der Waals surface area contributed by atoms with Gasteiger partial charge in [0.2, 0.25) is 0 Å². The van der Waals surface area contributed by atoms with E-state index in [-0.39, 0.29) is 12.0 Å². The van der Waals surface area contributed by atoms with Crippen molar-refractivity contribution < 1.29 is 14.6 Å². The molecule has 126 valence electrons. The average molecular weight is 327 g/mol. The Labute approximate surface area is 140 Å². The lowest BCUT2D eigenvalue weighted by Gasteiger charge is -2.15. The van der Waals surface area contributed by atoms with E-state index in [4.69, 9.17) is 14.6 Å². The molecule has 0 bridgehead atoms. The minimum absolute atomic E-state index is 0.0232. The number of ether oxygens (including phenoxy) is 2. The van der Waals surface area contributed by atoms with Gasteiger partial charge in [-0.25, -0.2) is 0 Å². The second-order valence-corrected chi connectivity index (χ2v) is 5.46. The fourth-order valence-corrected chi connectivity index (χ4v) is 2.86. The maximum atomic E-state index is 12.6. The highest BCUT2D eigenvalue weighted by Crippen LogP contribution is 2.18. The van der Waals surface area contributed by atoms with Gasteiger partial charge in [0.05, 0.1) is 44.1 Å². The van der Waals surface area contributed by atoms with Crippen molar-refractivity contribution in [3.8, 4) is 0 Å². The SMILES string of the molecule is O=c1c2ccccc2n(CCOCCOCCO)c2ccccc12. The number of aromatic nitrogens is 1. The molecule has 0 saturated carbocycles. The monoisotopic (exact) mass is 327 g/mol. The van der Waals surface area contributed by atoms with Gasteiger partial charge in [-0.15, -0.1) is 0 Å². The topological polar surface area (TPSA) is 60.7 Å². The molecule has 0 fully saturated rings. The third-order valence-corrected chi connectivity index (χ3v) is 3.95. The van der Waals surface area contributed by atoms with Crippen LogP contribution in [0.2, 0.25) is 0 Å². The third-order valence-electron chi connectivity index (χ3n) is 3.95. The summed E-state index contributed by atoms with van der Waals surface area (Å²) in [5.41, 5.74) is 1.90. The molecule has 0 aliphatic carbocycles. The molecule has 0 unspecified atom stereocenters. The molecule has 3 aromatic rings. The first-order chi connectivity index (χ1) is 11.8. The number of aliphatic hydroxyl groups excluding tert-OH is 1. The van der Waals surface area contributed by atoms with Crippen LogP contribution >= 0.6 is 0 Å². The normalized spacial score (nSPS) is 11.4. The molecule has 3 rings (SSSR count). The molecule has 0 aliphatic heterocycles. The fraction of sp³-hybridized carbons (Fsp3) is 0.316. The van der Waals surface area contributed by atoms with Crippen LogP contribution in [0.4, 0.5) is 0 Å². The van der Waals surface area contributed by atoms with E-state index in [0.29, 0.717) is 33.0 Å². The van der Waals surface area contributed by atoms with Crippen molar-refractivity contribution >= 4 is 21.8 Å². The van der Waals surface area contributed by atoms with Gasteiger partial charge < -0.3 is 19.1 Å². The maximum Gasteiger partial charge on any atom is 0.197 e. The molecule has 2 aromatic carbocycles. The van der Waals surface area contributed by atoms with Gasteiger partial charge in [-0.05, 0) is 24.3 Å². The van der Waals surface area contributed by atoms with Gasteiger partial charge >= 0.3 is 0 Å². The molecule has 1 N–H and O–H groups in total. The number of fused-ring (bicyclic) bond motifs is 2. The van der Waals surface area contributed by atoms with E-state index in [9.17, 15) is 4.79 Å². The Hall–Kier alpha value is -2.21. The lowest BCUT2D eigenvalue weighted by Crippen LogP contribution is -2.15. The molecule has 0 saturated heterocycles. The van der Waals surface area contributed by atoms with Gasteiger partial charge in [-0.1, -0.05) is 24.3 Å². The minimum Gasteiger partial charge on any atom is -0.394 e. The molecule has 0 aliphatic rings. The van der Waals surface area contributed by atoms with Gasteiger partial charge in [0.25, 0.3) is 0 Å².